The van der Waals surface area contributed by atoms with Gasteiger partial charge in [0, 0.05) is 18.8 Å². The van der Waals surface area contributed by atoms with Gasteiger partial charge in [0.15, 0.2) is 0 Å². The highest BCUT2D eigenvalue weighted by Crippen LogP contribution is 2.40. The van der Waals surface area contributed by atoms with Crippen molar-refractivity contribution >= 4 is 0 Å². The second-order valence-electron chi connectivity index (χ2n) is 5.58. The number of aromatic nitrogens is 2. The predicted molar refractivity (Wildman–Crippen MR) is 77.0 cm³/mol. The van der Waals surface area contributed by atoms with Gasteiger partial charge >= 0.3 is 0 Å². The Morgan fingerprint density at radius 3 is 2.58 bits per heavy atom. The van der Waals surface area contributed by atoms with Gasteiger partial charge in [0.2, 0.25) is 0 Å². The summed E-state index contributed by atoms with van der Waals surface area (Å²) >= 11 is 0. The maximum Gasteiger partial charge on any atom is 0.0644 e. The van der Waals surface area contributed by atoms with Crippen molar-refractivity contribution in [2.75, 3.05) is 0 Å². The lowest BCUT2D eigenvalue weighted by Crippen LogP contribution is -2.18. The van der Waals surface area contributed by atoms with Gasteiger partial charge < -0.3 is 5.73 Å². The third kappa shape index (κ3) is 2.19. The first-order valence-electron chi connectivity index (χ1n) is 7.01. The van der Waals surface area contributed by atoms with Crippen LogP contribution in [-0.4, -0.2) is 9.78 Å². The maximum atomic E-state index is 6.49. The van der Waals surface area contributed by atoms with Crippen LogP contribution < -0.4 is 5.73 Å². The minimum absolute atomic E-state index is 0.0644. The van der Waals surface area contributed by atoms with Gasteiger partial charge in [0.05, 0.1) is 11.7 Å². The summed E-state index contributed by atoms with van der Waals surface area (Å²) in [6.45, 7) is 2.03. The van der Waals surface area contributed by atoms with Crippen LogP contribution in [-0.2, 0) is 7.05 Å². The Balaban J connectivity index is 1.99. The van der Waals surface area contributed by atoms with Crippen molar-refractivity contribution < 1.29 is 0 Å². The number of benzene rings is 1. The molecule has 0 amide bonds. The highest BCUT2D eigenvalue weighted by molar-refractivity contribution is 5.40. The molecule has 2 N–H and O–H groups in total. The zero-order chi connectivity index (χ0) is 13.4. The van der Waals surface area contributed by atoms with Crippen molar-refractivity contribution in [1.29, 1.82) is 0 Å². The molecule has 3 rings (SSSR count). The van der Waals surface area contributed by atoms with Crippen molar-refractivity contribution in [2.24, 2.45) is 12.8 Å². The van der Waals surface area contributed by atoms with Crippen molar-refractivity contribution in [3.63, 3.8) is 0 Å². The van der Waals surface area contributed by atoms with E-state index in [-0.39, 0.29) is 6.04 Å². The highest BCUT2D eigenvalue weighted by atomic mass is 15.2. The van der Waals surface area contributed by atoms with Gasteiger partial charge in [0.25, 0.3) is 0 Å². The van der Waals surface area contributed by atoms with Crippen LogP contribution in [0, 0.1) is 6.92 Å². The molecule has 1 aliphatic carbocycles. The molecule has 0 spiro atoms. The second-order valence-corrected chi connectivity index (χ2v) is 5.58. The van der Waals surface area contributed by atoms with Crippen LogP contribution in [0.5, 0.6) is 0 Å². The number of hydrogen-bond donors (Lipinski definition) is 1. The SMILES string of the molecule is Cc1nn(C)cc1C(N)c1ccccc1C1CCC1. The monoisotopic (exact) mass is 255 g/mol. The summed E-state index contributed by atoms with van der Waals surface area (Å²) in [5.41, 5.74) is 11.4. The number of nitrogens with two attached hydrogens (primary N) is 1. The number of nitrogens with zero attached hydrogens (tertiary/aromatic N) is 2. The normalized spacial score (nSPS) is 17.2. The number of rotatable bonds is 3. The molecule has 1 atom stereocenters. The standard InChI is InChI=1S/C16H21N3/c1-11-15(10-19(2)18-11)16(17)14-9-4-3-8-13(14)12-6-5-7-12/h3-4,8-10,12,16H,5-7,17H2,1-2H3. The molecule has 2 aromatic rings. The summed E-state index contributed by atoms with van der Waals surface area (Å²) in [7, 11) is 1.95. The van der Waals surface area contributed by atoms with Crippen molar-refractivity contribution in [2.45, 2.75) is 38.1 Å². The van der Waals surface area contributed by atoms with Crippen LogP contribution in [0.1, 0.15) is 53.6 Å². The summed E-state index contributed by atoms with van der Waals surface area (Å²) in [6.07, 6.45) is 5.99. The van der Waals surface area contributed by atoms with Crippen molar-refractivity contribution in [3.8, 4) is 0 Å². The average Bonchev–Trinajstić information content (AvgIpc) is 2.66. The molecular weight excluding hydrogens is 234 g/mol. The third-order valence-electron chi connectivity index (χ3n) is 4.26. The molecule has 1 heterocycles. The van der Waals surface area contributed by atoms with E-state index in [1.165, 1.54) is 30.4 Å². The molecular formula is C16H21N3. The Hall–Kier alpha value is -1.61. The molecule has 3 nitrogen and oxygen atoms in total. The smallest absolute Gasteiger partial charge is 0.0644 e. The molecule has 1 aliphatic rings. The van der Waals surface area contributed by atoms with Crippen LogP contribution in [0.3, 0.4) is 0 Å². The molecule has 0 aliphatic heterocycles. The fourth-order valence-corrected chi connectivity index (χ4v) is 2.98. The van der Waals surface area contributed by atoms with E-state index < -0.39 is 0 Å². The van der Waals surface area contributed by atoms with E-state index in [1.54, 1.807) is 0 Å². The van der Waals surface area contributed by atoms with Gasteiger partial charge in [-0.15, -0.1) is 0 Å². The Labute approximate surface area is 114 Å². The van der Waals surface area contributed by atoms with Crippen LogP contribution in [0.25, 0.3) is 0 Å². The lowest BCUT2D eigenvalue weighted by molar-refractivity contribution is 0.416. The average molecular weight is 255 g/mol. The summed E-state index contributed by atoms with van der Waals surface area (Å²) in [6, 6.07) is 8.56. The molecule has 3 heteroatoms. The first kappa shape index (κ1) is 12.4. The largest absolute Gasteiger partial charge is 0.320 e. The predicted octanol–water partition coefficient (Wildman–Crippen LogP) is 3.04. The zero-order valence-corrected chi connectivity index (χ0v) is 11.6. The van der Waals surface area contributed by atoms with Gasteiger partial charge in [-0.2, -0.15) is 5.10 Å². The van der Waals surface area contributed by atoms with Crippen molar-refractivity contribution in [3.05, 3.63) is 52.8 Å². The lowest BCUT2D eigenvalue weighted by atomic mass is 9.76. The first-order chi connectivity index (χ1) is 9.16. The molecule has 19 heavy (non-hydrogen) atoms. The van der Waals surface area contributed by atoms with E-state index in [0.29, 0.717) is 5.92 Å². The zero-order valence-electron chi connectivity index (χ0n) is 11.6. The number of aryl methyl sites for hydroxylation is 2. The highest BCUT2D eigenvalue weighted by Gasteiger charge is 2.25. The van der Waals surface area contributed by atoms with Crippen LogP contribution in [0.2, 0.25) is 0 Å². The van der Waals surface area contributed by atoms with E-state index in [1.807, 2.05) is 24.9 Å². The summed E-state index contributed by atoms with van der Waals surface area (Å²) in [5, 5.41) is 4.40. The lowest BCUT2D eigenvalue weighted by Gasteiger charge is -2.29. The molecule has 1 aromatic carbocycles. The Morgan fingerprint density at radius 2 is 2.00 bits per heavy atom. The topological polar surface area (TPSA) is 43.8 Å². The minimum Gasteiger partial charge on any atom is -0.320 e. The van der Waals surface area contributed by atoms with Crippen LogP contribution in [0.4, 0.5) is 0 Å². The molecule has 0 bridgehead atoms. The summed E-state index contributed by atoms with van der Waals surface area (Å²) < 4.78 is 1.84. The van der Waals surface area contributed by atoms with Crippen LogP contribution in [0.15, 0.2) is 30.5 Å². The van der Waals surface area contributed by atoms with Gasteiger partial charge in [-0.05, 0) is 36.8 Å². The van der Waals surface area contributed by atoms with Gasteiger partial charge in [0.1, 0.15) is 0 Å². The Bertz CT molecular complexity index is 581. The third-order valence-corrected chi connectivity index (χ3v) is 4.26. The fraction of sp³-hybridized carbons (Fsp3) is 0.438. The Kier molecular flexibility index (Phi) is 3.15. The molecule has 1 saturated carbocycles. The minimum atomic E-state index is -0.0644. The van der Waals surface area contributed by atoms with E-state index in [0.717, 1.165) is 11.3 Å². The molecule has 1 fully saturated rings. The van der Waals surface area contributed by atoms with Gasteiger partial charge in [-0.3, -0.25) is 4.68 Å². The first-order valence-corrected chi connectivity index (χ1v) is 7.01. The van der Waals surface area contributed by atoms with Crippen molar-refractivity contribution in [1.82, 2.24) is 9.78 Å². The summed E-state index contributed by atoms with van der Waals surface area (Å²) in [5.74, 6) is 0.708. The van der Waals surface area contributed by atoms with Gasteiger partial charge in [-0.1, -0.05) is 30.7 Å². The number of hydrogen-bond acceptors (Lipinski definition) is 2. The molecule has 1 unspecified atom stereocenters. The quantitative estimate of drug-likeness (QED) is 0.916. The van der Waals surface area contributed by atoms with E-state index in [9.17, 15) is 0 Å². The Morgan fingerprint density at radius 1 is 1.26 bits per heavy atom. The van der Waals surface area contributed by atoms with E-state index in [2.05, 4.69) is 29.4 Å². The molecule has 0 saturated heterocycles. The second kappa shape index (κ2) is 4.82. The molecule has 1 aromatic heterocycles. The van der Waals surface area contributed by atoms with Gasteiger partial charge in [-0.25, -0.2) is 0 Å². The molecule has 100 valence electrons. The van der Waals surface area contributed by atoms with E-state index in [4.69, 9.17) is 5.73 Å². The van der Waals surface area contributed by atoms with Crippen LogP contribution >= 0.6 is 0 Å². The fourth-order valence-electron chi connectivity index (χ4n) is 2.98. The summed E-state index contributed by atoms with van der Waals surface area (Å²) in [4.78, 5) is 0. The maximum absolute atomic E-state index is 6.49. The molecule has 0 radical (unpaired) electrons. The van der Waals surface area contributed by atoms with E-state index >= 15 is 0 Å².